The molecule has 94 valence electrons. The molecule has 3 rings (SSSR count). The summed E-state index contributed by atoms with van der Waals surface area (Å²) in [5.41, 5.74) is 0.946. The van der Waals surface area contributed by atoms with Crippen molar-refractivity contribution in [3.05, 3.63) is 30.4 Å². The van der Waals surface area contributed by atoms with E-state index in [2.05, 4.69) is 27.4 Å². The summed E-state index contributed by atoms with van der Waals surface area (Å²) in [5.74, 6) is 1.79. The largest absolute Gasteiger partial charge is 0.339 e. The van der Waals surface area contributed by atoms with E-state index in [9.17, 15) is 0 Å². The van der Waals surface area contributed by atoms with Gasteiger partial charge in [0.1, 0.15) is 0 Å². The van der Waals surface area contributed by atoms with Crippen LogP contribution < -0.4 is 5.32 Å². The Morgan fingerprint density at radius 1 is 1.33 bits per heavy atom. The minimum Gasteiger partial charge on any atom is -0.339 e. The monoisotopic (exact) mass is 244 g/mol. The molecule has 0 aliphatic carbocycles. The van der Waals surface area contributed by atoms with Crippen LogP contribution in [0.2, 0.25) is 0 Å². The normalized spacial score (nSPS) is 24.1. The van der Waals surface area contributed by atoms with E-state index in [1.807, 2.05) is 12.1 Å². The van der Waals surface area contributed by atoms with Crippen molar-refractivity contribution >= 4 is 0 Å². The van der Waals surface area contributed by atoms with Gasteiger partial charge in [-0.2, -0.15) is 4.98 Å². The number of nitrogens with zero attached hydrogens (tertiary/aromatic N) is 3. The molecule has 1 N–H and O–H groups in total. The number of nitrogens with one attached hydrogen (secondary N) is 1. The summed E-state index contributed by atoms with van der Waals surface area (Å²) >= 11 is 0. The molecule has 5 nitrogen and oxygen atoms in total. The van der Waals surface area contributed by atoms with E-state index in [0.717, 1.165) is 30.8 Å². The van der Waals surface area contributed by atoms with Gasteiger partial charge in [-0.15, -0.1) is 0 Å². The van der Waals surface area contributed by atoms with E-state index in [-0.39, 0.29) is 0 Å². The third kappa shape index (κ3) is 2.26. The summed E-state index contributed by atoms with van der Waals surface area (Å²) in [7, 11) is 0. The first kappa shape index (κ1) is 11.3. The molecular formula is C13H16N4O. The van der Waals surface area contributed by atoms with Gasteiger partial charge in [0, 0.05) is 29.9 Å². The van der Waals surface area contributed by atoms with Crippen molar-refractivity contribution in [2.24, 2.45) is 0 Å². The van der Waals surface area contributed by atoms with Crippen LogP contribution in [0, 0.1) is 0 Å². The van der Waals surface area contributed by atoms with Gasteiger partial charge in [-0.3, -0.25) is 4.98 Å². The first-order valence-electron chi connectivity index (χ1n) is 6.30. The second-order valence-corrected chi connectivity index (χ2v) is 4.77. The summed E-state index contributed by atoms with van der Waals surface area (Å²) < 4.78 is 5.40. The maximum Gasteiger partial charge on any atom is 0.230 e. The van der Waals surface area contributed by atoms with Crippen molar-refractivity contribution in [3.63, 3.8) is 0 Å². The Labute approximate surface area is 106 Å². The lowest BCUT2D eigenvalue weighted by molar-refractivity contribution is 0.295. The van der Waals surface area contributed by atoms with Gasteiger partial charge >= 0.3 is 0 Å². The molecule has 1 fully saturated rings. The Kier molecular flexibility index (Phi) is 3.06. The Bertz CT molecular complexity index is 511. The van der Waals surface area contributed by atoms with Crippen molar-refractivity contribution in [2.75, 3.05) is 6.54 Å². The highest BCUT2D eigenvalue weighted by atomic mass is 16.5. The van der Waals surface area contributed by atoms with Gasteiger partial charge in [-0.25, -0.2) is 0 Å². The Balaban J connectivity index is 1.81. The maximum absolute atomic E-state index is 5.40. The maximum atomic E-state index is 5.40. The topological polar surface area (TPSA) is 63.8 Å². The van der Waals surface area contributed by atoms with Crippen LogP contribution in [-0.4, -0.2) is 27.7 Å². The van der Waals surface area contributed by atoms with Crippen LogP contribution in [-0.2, 0) is 0 Å². The Morgan fingerprint density at radius 2 is 2.17 bits per heavy atom. The van der Waals surface area contributed by atoms with E-state index in [1.165, 1.54) is 0 Å². The zero-order chi connectivity index (χ0) is 12.4. The SMILES string of the molecule is C[C@H]1C[C@@H](c2nc(-c3ccncc3)no2)CCN1. The zero-order valence-corrected chi connectivity index (χ0v) is 10.3. The predicted octanol–water partition coefficient (Wildman–Crippen LogP) is 1.99. The number of piperidine rings is 1. The molecule has 3 heterocycles. The van der Waals surface area contributed by atoms with Gasteiger partial charge in [0.05, 0.1) is 0 Å². The second-order valence-electron chi connectivity index (χ2n) is 4.77. The Hall–Kier alpha value is -1.75. The molecule has 0 amide bonds. The molecule has 0 bridgehead atoms. The second kappa shape index (κ2) is 4.86. The summed E-state index contributed by atoms with van der Waals surface area (Å²) in [4.78, 5) is 8.49. The molecule has 2 aromatic rings. The molecule has 18 heavy (non-hydrogen) atoms. The number of hydrogen-bond acceptors (Lipinski definition) is 5. The van der Waals surface area contributed by atoms with Crippen molar-refractivity contribution in [2.45, 2.75) is 31.7 Å². The number of rotatable bonds is 2. The van der Waals surface area contributed by atoms with E-state index >= 15 is 0 Å². The van der Waals surface area contributed by atoms with Gasteiger partial charge in [0.2, 0.25) is 11.7 Å². The third-order valence-electron chi connectivity index (χ3n) is 3.35. The molecule has 2 atom stereocenters. The van der Waals surface area contributed by atoms with Crippen molar-refractivity contribution in [1.29, 1.82) is 0 Å². The molecule has 1 saturated heterocycles. The molecule has 0 saturated carbocycles. The fourth-order valence-electron chi connectivity index (χ4n) is 2.38. The third-order valence-corrected chi connectivity index (χ3v) is 3.35. The van der Waals surface area contributed by atoms with Crippen LogP contribution in [0.15, 0.2) is 29.0 Å². The van der Waals surface area contributed by atoms with Crippen LogP contribution in [0.1, 0.15) is 31.6 Å². The highest BCUT2D eigenvalue weighted by Crippen LogP contribution is 2.27. The average molecular weight is 244 g/mol. The van der Waals surface area contributed by atoms with Gasteiger partial charge in [0.15, 0.2) is 0 Å². The molecule has 1 aliphatic rings. The fraction of sp³-hybridized carbons (Fsp3) is 0.462. The fourth-order valence-corrected chi connectivity index (χ4v) is 2.38. The van der Waals surface area contributed by atoms with Crippen molar-refractivity contribution in [3.8, 4) is 11.4 Å². The van der Waals surface area contributed by atoms with Gasteiger partial charge in [-0.1, -0.05) is 5.16 Å². The van der Waals surface area contributed by atoms with E-state index < -0.39 is 0 Å². The first-order chi connectivity index (χ1) is 8.83. The summed E-state index contributed by atoms with van der Waals surface area (Å²) in [6.45, 7) is 3.20. The van der Waals surface area contributed by atoms with Crippen LogP contribution in [0.25, 0.3) is 11.4 Å². The zero-order valence-electron chi connectivity index (χ0n) is 10.3. The minimum atomic E-state index is 0.379. The number of aromatic nitrogens is 3. The van der Waals surface area contributed by atoms with Crippen molar-refractivity contribution in [1.82, 2.24) is 20.4 Å². The first-order valence-corrected chi connectivity index (χ1v) is 6.30. The van der Waals surface area contributed by atoms with Crippen LogP contribution in [0.3, 0.4) is 0 Å². The van der Waals surface area contributed by atoms with Gasteiger partial charge in [-0.05, 0) is 38.4 Å². The molecule has 0 spiro atoms. The highest BCUT2D eigenvalue weighted by molar-refractivity contribution is 5.52. The molecular weight excluding hydrogens is 228 g/mol. The van der Waals surface area contributed by atoms with E-state index in [4.69, 9.17) is 4.52 Å². The smallest absolute Gasteiger partial charge is 0.230 e. The average Bonchev–Trinajstić information content (AvgIpc) is 2.89. The lowest BCUT2D eigenvalue weighted by Gasteiger charge is -2.25. The van der Waals surface area contributed by atoms with Crippen LogP contribution >= 0.6 is 0 Å². The van der Waals surface area contributed by atoms with Crippen LogP contribution in [0.4, 0.5) is 0 Å². The Morgan fingerprint density at radius 3 is 2.94 bits per heavy atom. The van der Waals surface area contributed by atoms with Gasteiger partial charge < -0.3 is 9.84 Å². The molecule has 0 radical (unpaired) electrons. The van der Waals surface area contributed by atoms with E-state index in [1.54, 1.807) is 12.4 Å². The highest BCUT2D eigenvalue weighted by Gasteiger charge is 2.25. The molecule has 5 heteroatoms. The molecule has 0 aromatic carbocycles. The number of pyridine rings is 1. The lowest BCUT2D eigenvalue weighted by atomic mass is 9.93. The molecule has 2 aromatic heterocycles. The summed E-state index contributed by atoms with van der Waals surface area (Å²) in [6, 6.07) is 4.29. The molecule has 1 aliphatic heterocycles. The number of hydrogen-bond donors (Lipinski definition) is 1. The quantitative estimate of drug-likeness (QED) is 0.875. The predicted molar refractivity (Wildman–Crippen MR) is 67.0 cm³/mol. The minimum absolute atomic E-state index is 0.379. The standard InChI is InChI=1S/C13H16N4O/c1-9-8-11(4-7-15-9)13-16-12(17-18-13)10-2-5-14-6-3-10/h2-3,5-6,9,11,15H,4,7-8H2,1H3/t9-,11-/m0/s1. The summed E-state index contributed by atoms with van der Waals surface area (Å²) in [5, 5.41) is 7.47. The molecule has 0 unspecified atom stereocenters. The van der Waals surface area contributed by atoms with Gasteiger partial charge in [0.25, 0.3) is 0 Å². The lowest BCUT2D eigenvalue weighted by Crippen LogP contribution is -2.34. The van der Waals surface area contributed by atoms with E-state index in [0.29, 0.717) is 17.8 Å². The van der Waals surface area contributed by atoms with Crippen LogP contribution in [0.5, 0.6) is 0 Å². The summed E-state index contributed by atoms with van der Waals surface area (Å²) in [6.07, 6.45) is 5.58. The van der Waals surface area contributed by atoms with Crippen molar-refractivity contribution < 1.29 is 4.52 Å².